The van der Waals surface area contributed by atoms with E-state index >= 15 is 0 Å². The maximum absolute atomic E-state index is 12.4. The average Bonchev–Trinajstić information content (AvgIpc) is 2.98. The predicted octanol–water partition coefficient (Wildman–Crippen LogP) is 1.66. The first-order valence-electron chi connectivity index (χ1n) is 7.99. The molecule has 0 saturated carbocycles. The zero-order valence-corrected chi connectivity index (χ0v) is 13.3. The molecular weight excluding hydrogens is 296 g/mol. The van der Waals surface area contributed by atoms with Crippen molar-refractivity contribution in [2.75, 3.05) is 32.2 Å². The van der Waals surface area contributed by atoms with Crippen molar-refractivity contribution in [3.05, 3.63) is 24.3 Å². The fraction of sp³-hybridized carbons (Fsp3) is 0.529. The van der Waals surface area contributed by atoms with Crippen LogP contribution in [0.25, 0.3) is 0 Å². The van der Waals surface area contributed by atoms with Gasteiger partial charge in [0.1, 0.15) is 5.75 Å². The summed E-state index contributed by atoms with van der Waals surface area (Å²) in [6.45, 7) is 1.89. The third kappa shape index (κ3) is 3.64. The van der Waals surface area contributed by atoms with Gasteiger partial charge in [-0.15, -0.1) is 0 Å². The van der Waals surface area contributed by atoms with E-state index in [4.69, 9.17) is 9.47 Å². The molecule has 3 rings (SSSR count). The second kappa shape index (κ2) is 7.00. The minimum atomic E-state index is -0.285. The number of hydrogen-bond acceptors (Lipinski definition) is 4. The number of nitrogens with one attached hydrogen (secondary N) is 1. The molecule has 0 bridgehead atoms. The minimum Gasteiger partial charge on any atom is -0.497 e. The molecule has 2 aliphatic rings. The Kier molecular flexibility index (Phi) is 4.81. The highest BCUT2D eigenvalue weighted by Crippen LogP contribution is 2.26. The van der Waals surface area contributed by atoms with E-state index in [2.05, 4.69) is 5.32 Å². The molecule has 1 aromatic rings. The zero-order chi connectivity index (χ0) is 16.2. The number of carbonyl (C=O) groups excluding carboxylic acids is 2. The second-order valence-corrected chi connectivity index (χ2v) is 6.01. The molecule has 2 saturated heterocycles. The first-order chi connectivity index (χ1) is 11.2. The lowest BCUT2D eigenvalue weighted by molar-refractivity contribution is -0.131. The standard InChI is InChI=1S/C17H22N2O4/c1-22-15-4-2-13(3-5-15)18-17(21)12-10-16(20)19(11-12)14-6-8-23-9-7-14/h2-5,12,14H,6-11H2,1H3,(H,18,21). The van der Waals surface area contributed by atoms with Crippen LogP contribution in [0, 0.1) is 5.92 Å². The topological polar surface area (TPSA) is 67.9 Å². The van der Waals surface area contributed by atoms with Crippen LogP contribution in [0.1, 0.15) is 19.3 Å². The molecule has 2 heterocycles. The third-order valence-corrected chi connectivity index (χ3v) is 4.52. The molecule has 1 unspecified atom stereocenters. The molecule has 124 valence electrons. The van der Waals surface area contributed by atoms with Crippen molar-refractivity contribution in [1.82, 2.24) is 4.90 Å². The van der Waals surface area contributed by atoms with Gasteiger partial charge in [-0.05, 0) is 37.1 Å². The number of carbonyl (C=O) groups is 2. The number of ether oxygens (including phenoxy) is 2. The molecule has 23 heavy (non-hydrogen) atoms. The van der Waals surface area contributed by atoms with Gasteiger partial charge in [-0.2, -0.15) is 0 Å². The molecule has 0 aromatic heterocycles. The van der Waals surface area contributed by atoms with Crippen LogP contribution in [0.2, 0.25) is 0 Å². The molecule has 2 amide bonds. The van der Waals surface area contributed by atoms with Crippen molar-refractivity contribution in [3.8, 4) is 5.75 Å². The van der Waals surface area contributed by atoms with Gasteiger partial charge in [0, 0.05) is 37.9 Å². The van der Waals surface area contributed by atoms with Crippen LogP contribution in [-0.2, 0) is 14.3 Å². The van der Waals surface area contributed by atoms with Crippen LogP contribution in [0.3, 0.4) is 0 Å². The fourth-order valence-electron chi connectivity index (χ4n) is 3.18. The molecule has 0 radical (unpaired) electrons. The van der Waals surface area contributed by atoms with Gasteiger partial charge in [0.05, 0.1) is 13.0 Å². The quantitative estimate of drug-likeness (QED) is 0.917. The largest absolute Gasteiger partial charge is 0.497 e. The lowest BCUT2D eigenvalue weighted by Gasteiger charge is -2.31. The number of rotatable bonds is 4. The summed E-state index contributed by atoms with van der Waals surface area (Å²) in [5.41, 5.74) is 0.716. The highest BCUT2D eigenvalue weighted by Gasteiger charge is 2.38. The van der Waals surface area contributed by atoms with E-state index in [1.54, 1.807) is 31.4 Å². The normalized spacial score (nSPS) is 22.2. The Hall–Kier alpha value is -2.08. The van der Waals surface area contributed by atoms with Gasteiger partial charge in [0.15, 0.2) is 0 Å². The lowest BCUT2D eigenvalue weighted by atomic mass is 10.1. The highest BCUT2D eigenvalue weighted by atomic mass is 16.5. The Morgan fingerprint density at radius 2 is 1.96 bits per heavy atom. The van der Waals surface area contributed by atoms with Crippen molar-refractivity contribution < 1.29 is 19.1 Å². The van der Waals surface area contributed by atoms with Crippen LogP contribution in [0.15, 0.2) is 24.3 Å². The maximum atomic E-state index is 12.4. The maximum Gasteiger partial charge on any atom is 0.229 e. The van der Waals surface area contributed by atoms with Crippen molar-refractivity contribution in [1.29, 1.82) is 0 Å². The number of methoxy groups -OCH3 is 1. The third-order valence-electron chi connectivity index (χ3n) is 4.52. The van der Waals surface area contributed by atoms with Crippen LogP contribution in [0.4, 0.5) is 5.69 Å². The summed E-state index contributed by atoms with van der Waals surface area (Å²) in [5.74, 6) is 0.432. The smallest absolute Gasteiger partial charge is 0.229 e. The molecule has 6 heteroatoms. The molecule has 1 atom stereocenters. The van der Waals surface area contributed by atoms with Gasteiger partial charge in [0.25, 0.3) is 0 Å². The minimum absolute atomic E-state index is 0.0757. The van der Waals surface area contributed by atoms with E-state index in [1.807, 2.05) is 4.90 Å². The zero-order valence-electron chi connectivity index (χ0n) is 13.3. The Morgan fingerprint density at radius 1 is 1.26 bits per heavy atom. The molecule has 0 spiro atoms. The Bertz CT molecular complexity index is 566. The van der Waals surface area contributed by atoms with Crippen LogP contribution in [0.5, 0.6) is 5.75 Å². The Labute approximate surface area is 135 Å². The van der Waals surface area contributed by atoms with Crippen LogP contribution < -0.4 is 10.1 Å². The van der Waals surface area contributed by atoms with E-state index in [0.29, 0.717) is 31.9 Å². The molecule has 2 fully saturated rings. The number of likely N-dealkylation sites (tertiary alicyclic amines) is 1. The first kappa shape index (κ1) is 15.8. The van der Waals surface area contributed by atoms with Gasteiger partial charge in [-0.3, -0.25) is 9.59 Å². The van der Waals surface area contributed by atoms with Gasteiger partial charge in [0.2, 0.25) is 11.8 Å². The fourth-order valence-corrected chi connectivity index (χ4v) is 3.18. The van der Waals surface area contributed by atoms with E-state index in [1.165, 1.54) is 0 Å². The van der Waals surface area contributed by atoms with Crippen molar-refractivity contribution >= 4 is 17.5 Å². The second-order valence-electron chi connectivity index (χ2n) is 6.01. The number of benzene rings is 1. The molecule has 6 nitrogen and oxygen atoms in total. The monoisotopic (exact) mass is 318 g/mol. The van der Waals surface area contributed by atoms with E-state index in [-0.39, 0.29) is 23.8 Å². The summed E-state index contributed by atoms with van der Waals surface area (Å²) in [5, 5.41) is 2.88. The number of hydrogen-bond donors (Lipinski definition) is 1. The highest BCUT2D eigenvalue weighted by molar-refractivity contribution is 5.97. The summed E-state index contributed by atoms with van der Waals surface area (Å²) < 4.78 is 10.4. The summed E-state index contributed by atoms with van der Waals surface area (Å²) in [6, 6.07) is 7.40. The van der Waals surface area contributed by atoms with Crippen LogP contribution >= 0.6 is 0 Å². The van der Waals surface area contributed by atoms with Gasteiger partial charge in [-0.1, -0.05) is 0 Å². The van der Waals surface area contributed by atoms with Crippen molar-refractivity contribution in [2.24, 2.45) is 5.92 Å². The summed E-state index contributed by atoms with van der Waals surface area (Å²) in [6.07, 6.45) is 2.01. The SMILES string of the molecule is COc1ccc(NC(=O)C2CC(=O)N(C3CCOCC3)C2)cc1. The van der Waals surface area contributed by atoms with Gasteiger partial charge in [-0.25, -0.2) is 0 Å². The lowest BCUT2D eigenvalue weighted by Crippen LogP contribution is -2.41. The van der Waals surface area contributed by atoms with Gasteiger partial charge >= 0.3 is 0 Å². The Morgan fingerprint density at radius 3 is 2.61 bits per heavy atom. The summed E-state index contributed by atoms with van der Waals surface area (Å²) >= 11 is 0. The predicted molar refractivity (Wildman–Crippen MR) is 85.3 cm³/mol. The molecule has 2 aliphatic heterocycles. The number of nitrogens with zero attached hydrogens (tertiary/aromatic N) is 1. The first-order valence-corrected chi connectivity index (χ1v) is 7.99. The van der Waals surface area contributed by atoms with Crippen molar-refractivity contribution in [2.45, 2.75) is 25.3 Å². The molecule has 1 N–H and O–H groups in total. The molecule has 0 aliphatic carbocycles. The van der Waals surface area contributed by atoms with E-state index < -0.39 is 0 Å². The van der Waals surface area contributed by atoms with E-state index in [9.17, 15) is 9.59 Å². The van der Waals surface area contributed by atoms with E-state index in [0.717, 1.165) is 18.6 Å². The summed E-state index contributed by atoms with van der Waals surface area (Å²) in [4.78, 5) is 26.5. The van der Waals surface area contributed by atoms with Crippen LogP contribution in [-0.4, -0.2) is 49.6 Å². The van der Waals surface area contributed by atoms with Gasteiger partial charge < -0.3 is 19.7 Å². The number of amides is 2. The number of anilines is 1. The molecular formula is C17H22N2O4. The molecule has 1 aromatic carbocycles. The average molecular weight is 318 g/mol. The Balaban J connectivity index is 1.58. The summed E-state index contributed by atoms with van der Waals surface area (Å²) in [7, 11) is 1.60. The van der Waals surface area contributed by atoms with Crippen molar-refractivity contribution in [3.63, 3.8) is 0 Å².